The zero-order valence-corrected chi connectivity index (χ0v) is 11.0. The van der Waals surface area contributed by atoms with E-state index in [-0.39, 0.29) is 5.78 Å². The van der Waals surface area contributed by atoms with Crippen LogP contribution in [-0.2, 0) is 0 Å². The molecule has 0 saturated heterocycles. The van der Waals surface area contributed by atoms with Crippen LogP contribution in [0.1, 0.15) is 30.1 Å². The Morgan fingerprint density at radius 2 is 2.22 bits per heavy atom. The molecule has 0 bridgehead atoms. The highest BCUT2D eigenvalue weighted by Crippen LogP contribution is 2.25. The number of nitrogen functional groups attached to an aromatic ring is 1. The van der Waals surface area contributed by atoms with Crippen molar-refractivity contribution in [2.75, 3.05) is 25.9 Å². The van der Waals surface area contributed by atoms with E-state index in [4.69, 9.17) is 10.5 Å². The second kappa shape index (κ2) is 5.40. The third kappa shape index (κ3) is 3.23. The molecule has 1 aliphatic carbocycles. The molecule has 18 heavy (non-hydrogen) atoms. The number of benzene rings is 1. The summed E-state index contributed by atoms with van der Waals surface area (Å²) >= 11 is 0. The molecule has 4 heteroatoms. The van der Waals surface area contributed by atoms with Gasteiger partial charge in [0.25, 0.3) is 0 Å². The number of likely N-dealkylation sites (N-methyl/N-ethyl adjacent to an activating group) is 1. The third-order valence-electron chi connectivity index (χ3n) is 3.29. The highest BCUT2D eigenvalue weighted by Gasteiger charge is 2.25. The van der Waals surface area contributed by atoms with Gasteiger partial charge in [0.2, 0.25) is 0 Å². The van der Waals surface area contributed by atoms with E-state index in [0.29, 0.717) is 23.6 Å². The molecule has 4 nitrogen and oxygen atoms in total. The van der Waals surface area contributed by atoms with Gasteiger partial charge < -0.3 is 15.4 Å². The van der Waals surface area contributed by atoms with Gasteiger partial charge in [0, 0.05) is 23.8 Å². The van der Waals surface area contributed by atoms with E-state index in [2.05, 4.69) is 11.9 Å². The number of ether oxygens (including phenoxy) is 1. The van der Waals surface area contributed by atoms with Gasteiger partial charge in [-0.25, -0.2) is 0 Å². The Morgan fingerprint density at radius 3 is 2.83 bits per heavy atom. The predicted molar refractivity (Wildman–Crippen MR) is 72.0 cm³/mol. The number of hydrogen-bond donors (Lipinski definition) is 1. The first-order valence-electron chi connectivity index (χ1n) is 6.31. The lowest BCUT2D eigenvalue weighted by atomic mass is 10.1. The molecule has 2 N–H and O–H groups in total. The number of rotatable bonds is 6. The van der Waals surface area contributed by atoms with Crippen LogP contribution in [0.25, 0.3) is 0 Å². The van der Waals surface area contributed by atoms with Crippen molar-refractivity contribution in [1.82, 2.24) is 4.90 Å². The van der Waals surface area contributed by atoms with E-state index >= 15 is 0 Å². The maximum Gasteiger partial charge on any atom is 0.162 e. The molecule has 0 amide bonds. The van der Waals surface area contributed by atoms with Crippen molar-refractivity contribution in [2.24, 2.45) is 0 Å². The van der Waals surface area contributed by atoms with Gasteiger partial charge in [0.05, 0.1) is 0 Å². The normalized spacial score (nSPS) is 14.8. The summed E-state index contributed by atoms with van der Waals surface area (Å²) in [5.41, 5.74) is 6.77. The maximum absolute atomic E-state index is 11.4. The van der Waals surface area contributed by atoms with Crippen LogP contribution >= 0.6 is 0 Å². The molecule has 0 atom stereocenters. The van der Waals surface area contributed by atoms with Gasteiger partial charge in [-0.3, -0.25) is 4.79 Å². The summed E-state index contributed by atoms with van der Waals surface area (Å²) in [5, 5.41) is 0. The smallest absolute Gasteiger partial charge is 0.162 e. The summed E-state index contributed by atoms with van der Waals surface area (Å²) in [4.78, 5) is 13.7. The second-order valence-corrected chi connectivity index (χ2v) is 4.87. The second-order valence-electron chi connectivity index (χ2n) is 4.87. The number of nitrogens with zero attached hydrogens (tertiary/aromatic N) is 1. The topological polar surface area (TPSA) is 55.6 Å². The summed E-state index contributed by atoms with van der Waals surface area (Å²) in [5.74, 6) is 0.673. The molecular weight excluding hydrogens is 228 g/mol. The fourth-order valence-electron chi connectivity index (χ4n) is 1.94. The monoisotopic (exact) mass is 248 g/mol. The van der Waals surface area contributed by atoms with Crippen molar-refractivity contribution in [1.29, 1.82) is 0 Å². The fourth-order valence-corrected chi connectivity index (χ4v) is 1.94. The zero-order valence-electron chi connectivity index (χ0n) is 11.0. The summed E-state index contributed by atoms with van der Waals surface area (Å²) in [6.07, 6.45) is 2.60. The first-order chi connectivity index (χ1) is 8.58. The highest BCUT2D eigenvalue weighted by atomic mass is 16.5. The summed E-state index contributed by atoms with van der Waals surface area (Å²) in [6, 6.07) is 5.98. The fraction of sp³-hybridized carbons (Fsp3) is 0.500. The number of Topliss-reactive ketones (excluding diaryl/α,β-unsaturated/α-hetero) is 1. The molecule has 98 valence electrons. The molecule has 0 spiro atoms. The summed E-state index contributed by atoms with van der Waals surface area (Å²) in [6.45, 7) is 3.05. The zero-order chi connectivity index (χ0) is 13.1. The Balaban J connectivity index is 1.88. The van der Waals surface area contributed by atoms with Crippen molar-refractivity contribution in [3.63, 3.8) is 0 Å². The quantitative estimate of drug-likeness (QED) is 0.617. The van der Waals surface area contributed by atoms with Crippen molar-refractivity contribution >= 4 is 11.5 Å². The van der Waals surface area contributed by atoms with E-state index in [9.17, 15) is 4.79 Å². The first kappa shape index (κ1) is 12.9. The number of nitrogens with two attached hydrogens (primary N) is 1. The molecule has 0 unspecified atom stereocenters. The van der Waals surface area contributed by atoms with Crippen LogP contribution in [0.2, 0.25) is 0 Å². The van der Waals surface area contributed by atoms with Crippen LogP contribution in [0, 0.1) is 0 Å². The van der Waals surface area contributed by atoms with Crippen LogP contribution in [0.3, 0.4) is 0 Å². The van der Waals surface area contributed by atoms with Crippen molar-refractivity contribution < 1.29 is 9.53 Å². The van der Waals surface area contributed by atoms with Crippen LogP contribution in [0.15, 0.2) is 18.2 Å². The number of ketones is 1. The minimum atomic E-state index is -0.0342. The van der Waals surface area contributed by atoms with Gasteiger partial charge in [-0.2, -0.15) is 0 Å². The molecule has 2 rings (SSSR count). The molecule has 1 aromatic rings. The average Bonchev–Trinajstić information content (AvgIpc) is 3.14. The van der Waals surface area contributed by atoms with Crippen molar-refractivity contribution in [2.45, 2.75) is 25.8 Å². The van der Waals surface area contributed by atoms with Crippen LogP contribution in [-0.4, -0.2) is 36.9 Å². The van der Waals surface area contributed by atoms with Gasteiger partial charge in [0.15, 0.2) is 5.78 Å². The Morgan fingerprint density at radius 1 is 1.50 bits per heavy atom. The average molecular weight is 248 g/mol. The van der Waals surface area contributed by atoms with Crippen LogP contribution in [0.5, 0.6) is 5.75 Å². The predicted octanol–water partition coefficient (Wildman–Crippen LogP) is 1.94. The minimum absolute atomic E-state index is 0.0342. The SMILES string of the molecule is CC(=O)c1cc(OCCN(C)C2CC2)ccc1N. The standard InChI is InChI=1S/C14H20N2O2/c1-10(17)13-9-12(5-6-14(13)15)18-8-7-16(2)11-3-4-11/h5-6,9,11H,3-4,7-8,15H2,1-2H3. The molecular formula is C14H20N2O2. The van der Waals surface area contributed by atoms with Crippen molar-refractivity contribution in [3.8, 4) is 5.75 Å². The van der Waals surface area contributed by atoms with E-state index < -0.39 is 0 Å². The largest absolute Gasteiger partial charge is 0.492 e. The van der Waals surface area contributed by atoms with Gasteiger partial charge in [-0.15, -0.1) is 0 Å². The Kier molecular flexibility index (Phi) is 3.87. The maximum atomic E-state index is 11.4. The summed E-state index contributed by atoms with van der Waals surface area (Å²) < 4.78 is 5.65. The number of carbonyl (C=O) groups is 1. The van der Waals surface area contributed by atoms with Crippen molar-refractivity contribution in [3.05, 3.63) is 23.8 Å². The van der Waals surface area contributed by atoms with Gasteiger partial charge in [-0.1, -0.05) is 0 Å². The van der Waals surface area contributed by atoms with Crippen LogP contribution < -0.4 is 10.5 Å². The van der Waals surface area contributed by atoms with E-state index in [1.165, 1.54) is 19.8 Å². The van der Waals surface area contributed by atoms with E-state index in [1.54, 1.807) is 18.2 Å². The molecule has 0 aromatic heterocycles. The molecule has 1 saturated carbocycles. The third-order valence-corrected chi connectivity index (χ3v) is 3.29. The van der Waals surface area contributed by atoms with Gasteiger partial charge in [-0.05, 0) is 45.0 Å². The minimum Gasteiger partial charge on any atom is -0.492 e. The molecule has 0 radical (unpaired) electrons. The Hall–Kier alpha value is -1.55. The highest BCUT2D eigenvalue weighted by molar-refractivity contribution is 5.99. The Bertz CT molecular complexity index is 441. The number of anilines is 1. The molecule has 0 aliphatic heterocycles. The molecule has 1 aliphatic rings. The molecule has 1 aromatic carbocycles. The first-order valence-corrected chi connectivity index (χ1v) is 6.31. The molecule has 0 heterocycles. The van der Waals surface area contributed by atoms with Gasteiger partial charge in [0.1, 0.15) is 12.4 Å². The van der Waals surface area contributed by atoms with Gasteiger partial charge >= 0.3 is 0 Å². The van der Waals surface area contributed by atoms with Crippen LogP contribution in [0.4, 0.5) is 5.69 Å². The lowest BCUT2D eigenvalue weighted by molar-refractivity contribution is 0.101. The number of carbonyl (C=O) groups excluding carboxylic acids is 1. The lowest BCUT2D eigenvalue weighted by Gasteiger charge is -2.16. The summed E-state index contributed by atoms with van der Waals surface area (Å²) in [7, 11) is 2.12. The number of hydrogen-bond acceptors (Lipinski definition) is 4. The molecule has 1 fully saturated rings. The Labute approximate surface area is 108 Å². The van der Waals surface area contributed by atoms with E-state index in [0.717, 1.165) is 12.6 Å². The van der Waals surface area contributed by atoms with E-state index in [1.807, 2.05) is 0 Å². The lowest BCUT2D eigenvalue weighted by Crippen LogP contribution is -2.26.